The Morgan fingerprint density at radius 3 is 3.00 bits per heavy atom. The van der Waals surface area contributed by atoms with Gasteiger partial charge in [0.15, 0.2) is 0 Å². The van der Waals surface area contributed by atoms with Gasteiger partial charge < -0.3 is 8.94 Å². The van der Waals surface area contributed by atoms with E-state index in [0.717, 1.165) is 12.8 Å². The Hall–Kier alpha value is -2.61. The van der Waals surface area contributed by atoms with Gasteiger partial charge in [0.05, 0.1) is 12.6 Å². The number of nitrogens with zero attached hydrogens (tertiary/aromatic N) is 4. The molecule has 1 N–H and O–H groups in total. The van der Waals surface area contributed by atoms with Crippen LogP contribution in [0.5, 0.6) is 0 Å². The van der Waals surface area contributed by atoms with Gasteiger partial charge in [-0.05, 0) is 31.9 Å². The highest BCUT2D eigenvalue weighted by Crippen LogP contribution is 2.39. The fraction of sp³-hybridized carbons (Fsp3) is 0.375. The Morgan fingerprint density at radius 2 is 2.21 bits per heavy atom. The molecule has 1 aromatic carbocycles. The highest BCUT2D eigenvalue weighted by Gasteiger charge is 2.29. The van der Waals surface area contributed by atoms with E-state index in [-0.39, 0.29) is 11.9 Å². The molecule has 0 spiro atoms. The highest BCUT2D eigenvalue weighted by molar-refractivity contribution is 5.53. The summed E-state index contributed by atoms with van der Waals surface area (Å²) in [4.78, 5) is 4.30. The quantitative estimate of drug-likeness (QED) is 0.743. The van der Waals surface area contributed by atoms with Crippen LogP contribution in [0.3, 0.4) is 0 Å². The molecule has 0 aliphatic heterocycles. The lowest BCUT2D eigenvalue weighted by Gasteiger charge is -2.06. The molecule has 1 aliphatic rings. The van der Waals surface area contributed by atoms with Crippen LogP contribution in [0.4, 0.5) is 4.39 Å². The van der Waals surface area contributed by atoms with Gasteiger partial charge in [0.25, 0.3) is 0 Å². The molecule has 2 aromatic heterocycles. The second-order valence-electron chi connectivity index (χ2n) is 5.88. The Labute approximate surface area is 137 Å². The van der Waals surface area contributed by atoms with Gasteiger partial charge in [0, 0.05) is 11.5 Å². The summed E-state index contributed by atoms with van der Waals surface area (Å²) in [6, 6.07) is 5.87. The minimum absolute atomic E-state index is 0.198. The summed E-state index contributed by atoms with van der Waals surface area (Å²) >= 11 is 0. The smallest absolute Gasteiger partial charge is 0.243 e. The Balaban J connectivity index is 1.40. The predicted molar refractivity (Wildman–Crippen MR) is 81.2 cm³/mol. The van der Waals surface area contributed by atoms with Crippen molar-refractivity contribution in [3.05, 3.63) is 47.8 Å². The van der Waals surface area contributed by atoms with Crippen molar-refractivity contribution in [3.63, 3.8) is 0 Å². The zero-order valence-corrected chi connectivity index (χ0v) is 13.1. The van der Waals surface area contributed by atoms with Crippen LogP contribution >= 0.6 is 0 Å². The number of aromatic nitrogens is 4. The van der Waals surface area contributed by atoms with Gasteiger partial charge in [-0.25, -0.2) is 4.39 Å². The van der Waals surface area contributed by atoms with Crippen LogP contribution in [0.25, 0.3) is 11.4 Å². The lowest BCUT2D eigenvalue weighted by atomic mass is 10.2. The number of hydrogen-bond donors (Lipinski definition) is 1. The zero-order chi connectivity index (χ0) is 16.5. The van der Waals surface area contributed by atoms with Crippen molar-refractivity contribution >= 4 is 0 Å². The van der Waals surface area contributed by atoms with Crippen molar-refractivity contribution in [1.29, 1.82) is 0 Å². The first-order valence-electron chi connectivity index (χ1n) is 7.84. The molecule has 0 radical (unpaired) electrons. The summed E-state index contributed by atoms with van der Waals surface area (Å²) < 4.78 is 24.1. The molecule has 24 heavy (non-hydrogen) atoms. The monoisotopic (exact) mass is 329 g/mol. The van der Waals surface area contributed by atoms with Gasteiger partial charge in [-0.1, -0.05) is 17.3 Å². The molecule has 1 unspecified atom stereocenters. The maximum Gasteiger partial charge on any atom is 0.243 e. The lowest BCUT2D eigenvalue weighted by molar-refractivity contribution is 0.330. The summed E-state index contributed by atoms with van der Waals surface area (Å²) in [7, 11) is 0. The second-order valence-corrected chi connectivity index (χ2v) is 5.88. The van der Waals surface area contributed by atoms with Crippen LogP contribution in [0.2, 0.25) is 0 Å². The Kier molecular flexibility index (Phi) is 3.81. The molecule has 0 saturated heterocycles. The van der Waals surface area contributed by atoms with Crippen LogP contribution in [0.1, 0.15) is 49.4 Å². The molecule has 4 rings (SSSR count). The van der Waals surface area contributed by atoms with E-state index in [1.807, 2.05) is 6.92 Å². The summed E-state index contributed by atoms with van der Waals surface area (Å²) in [5.41, 5.74) is 0.572. The number of nitrogens with one attached hydrogen (secondary N) is 1. The van der Waals surface area contributed by atoms with E-state index in [1.54, 1.807) is 12.1 Å². The average molecular weight is 329 g/mol. The first-order valence-corrected chi connectivity index (χ1v) is 7.84. The van der Waals surface area contributed by atoms with Crippen LogP contribution in [-0.2, 0) is 6.54 Å². The average Bonchev–Trinajstić information content (AvgIpc) is 3.13. The number of halogens is 1. The Bertz CT molecular complexity index is 842. The van der Waals surface area contributed by atoms with E-state index in [1.165, 1.54) is 12.1 Å². The van der Waals surface area contributed by atoms with Gasteiger partial charge in [-0.15, -0.1) is 10.2 Å². The van der Waals surface area contributed by atoms with Crippen LogP contribution in [-0.4, -0.2) is 20.3 Å². The van der Waals surface area contributed by atoms with Gasteiger partial charge in [0.2, 0.25) is 23.5 Å². The standard InChI is InChI=1S/C16H16FN5O2/c1-9(18-8-13-20-21-16(23-13)10-5-6-10)15-19-14(22-24-15)11-3-2-4-12(17)7-11/h2-4,7,9-10,18H,5-6,8H2,1H3. The molecule has 1 atom stereocenters. The van der Waals surface area contributed by atoms with Crippen molar-refractivity contribution in [2.75, 3.05) is 0 Å². The lowest BCUT2D eigenvalue weighted by Crippen LogP contribution is -2.18. The molecule has 8 heteroatoms. The van der Waals surface area contributed by atoms with Crippen molar-refractivity contribution in [1.82, 2.24) is 25.7 Å². The van der Waals surface area contributed by atoms with Crippen LogP contribution in [0.15, 0.2) is 33.2 Å². The van der Waals surface area contributed by atoms with E-state index in [9.17, 15) is 4.39 Å². The van der Waals surface area contributed by atoms with Crippen molar-refractivity contribution in [3.8, 4) is 11.4 Å². The molecule has 3 aromatic rings. The third-order valence-corrected chi connectivity index (χ3v) is 3.86. The van der Waals surface area contributed by atoms with E-state index in [4.69, 9.17) is 8.94 Å². The Morgan fingerprint density at radius 1 is 1.33 bits per heavy atom. The maximum absolute atomic E-state index is 13.3. The fourth-order valence-corrected chi connectivity index (χ4v) is 2.32. The van der Waals surface area contributed by atoms with E-state index >= 15 is 0 Å². The SMILES string of the molecule is CC(NCc1nnc(C2CC2)o1)c1nc(-c2cccc(F)c2)no1. The zero-order valence-electron chi connectivity index (χ0n) is 13.1. The van der Waals surface area contributed by atoms with Gasteiger partial charge in [-0.2, -0.15) is 4.98 Å². The first-order chi connectivity index (χ1) is 11.7. The molecule has 124 valence electrons. The van der Waals surface area contributed by atoms with Gasteiger partial charge >= 0.3 is 0 Å². The summed E-state index contributed by atoms with van der Waals surface area (Å²) in [5, 5.41) is 15.1. The molecule has 0 bridgehead atoms. The summed E-state index contributed by atoms with van der Waals surface area (Å²) in [6.45, 7) is 2.31. The maximum atomic E-state index is 13.3. The molecule has 7 nitrogen and oxygen atoms in total. The molecule has 1 saturated carbocycles. The normalized spacial score (nSPS) is 15.6. The van der Waals surface area contributed by atoms with Crippen molar-refractivity contribution in [2.24, 2.45) is 0 Å². The van der Waals surface area contributed by atoms with Crippen LogP contribution < -0.4 is 5.32 Å². The second kappa shape index (κ2) is 6.12. The largest absolute Gasteiger partial charge is 0.424 e. The molecule has 1 fully saturated rings. The molecular weight excluding hydrogens is 313 g/mol. The fourth-order valence-electron chi connectivity index (χ4n) is 2.32. The molecule has 0 amide bonds. The number of benzene rings is 1. The predicted octanol–water partition coefficient (Wildman–Crippen LogP) is 2.99. The van der Waals surface area contributed by atoms with Gasteiger partial charge in [-0.3, -0.25) is 5.32 Å². The summed E-state index contributed by atoms with van der Waals surface area (Å²) in [5.74, 6) is 2.11. The number of rotatable bonds is 6. The van der Waals surface area contributed by atoms with Crippen molar-refractivity contribution < 1.29 is 13.3 Å². The molecule has 1 aliphatic carbocycles. The van der Waals surface area contributed by atoms with Crippen molar-refractivity contribution in [2.45, 2.75) is 38.3 Å². The minimum atomic E-state index is -0.340. The number of hydrogen-bond acceptors (Lipinski definition) is 7. The van der Waals surface area contributed by atoms with E-state index in [2.05, 4.69) is 25.7 Å². The summed E-state index contributed by atoms with van der Waals surface area (Å²) in [6.07, 6.45) is 2.24. The first kappa shape index (κ1) is 14.9. The molecular formula is C16H16FN5O2. The van der Waals surface area contributed by atoms with E-state index < -0.39 is 0 Å². The highest BCUT2D eigenvalue weighted by atomic mass is 19.1. The minimum Gasteiger partial charge on any atom is -0.424 e. The third-order valence-electron chi connectivity index (χ3n) is 3.86. The van der Waals surface area contributed by atoms with Gasteiger partial charge in [0.1, 0.15) is 5.82 Å². The van der Waals surface area contributed by atoms with Crippen LogP contribution in [0, 0.1) is 5.82 Å². The third kappa shape index (κ3) is 3.18. The topological polar surface area (TPSA) is 89.9 Å². The molecule has 2 heterocycles. The van der Waals surface area contributed by atoms with E-state index in [0.29, 0.717) is 41.5 Å².